The van der Waals surface area contributed by atoms with Crippen molar-refractivity contribution in [3.63, 3.8) is 0 Å². The van der Waals surface area contributed by atoms with Crippen LogP contribution in [0, 0.1) is 6.92 Å². The summed E-state index contributed by atoms with van der Waals surface area (Å²) in [7, 11) is 1.88. The Kier molecular flexibility index (Phi) is 4.15. The molecule has 5 nitrogen and oxygen atoms in total. The molecule has 18 heavy (non-hydrogen) atoms. The topological polar surface area (TPSA) is 55.9 Å². The minimum atomic E-state index is 0.164. The number of nitrogens with zero attached hydrogens (tertiary/aromatic N) is 3. The van der Waals surface area contributed by atoms with Crippen molar-refractivity contribution < 1.29 is 4.42 Å². The second-order valence-electron chi connectivity index (χ2n) is 4.56. The summed E-state index contributed by atoms with van der Waals surface area (Å²) in [5.41, 5.74) is 2.15. The summed E-state index contributed by atoms with van der Waals surface area (Å²) in [6.45, 7) is 5.18. The molecule has 1 unspecified atom stereocenters. The summed E-state index contributed by atoms with van der Waals surface area (Å²) in [5.74, 6) is 0.995. The van der Waals surface area contributed by atoms with Crippen molar-refractivity contribution in [1.29, 1.82) is 0 Å². The Morgan fingerprint density at radius 1 is 1.50 bits per heavy atom. The van der Waals surface area contributed by atoms with E-state index in [1.165, 1.54) is 5.56 Å². The number of aromatic nitrogens is 3. The van der Waals surface area contributed by atoms with Crippen LogP contribution in [-0.2, 0) is 13.5 Å². The zero-order valence-corrected chi connectivity index (χ0v) is 11.2. The van der Waals surface area contributed by atoms with Crippen LogP contribution in [0.25, 0.3) is 0 Å². The molecule has 1 N–H and O–H groups in total. The Morgan fingerprint density at radius 3 is 2.89 bits per heavy atom. The van der Waals surface area contributed by atoms with Crippen molar-refractivity contribution in [2.45, 2.75) is 32.7 Å². The SMILES string of the molecule is CCCNC(Cc1cn(C)nn1)c1occc1C. The fraction of sp³-hybridized carbons (Fsp3) is 0.538. The van der Waals surface area contributed by atoms with Gasteiger partial charge in [-0.05, 0) is 31.5 Å². The van der Waals surface area contributed by atoms with E-state index in [9.17, 15) is 0 Å². The van der Waals surface area contributed by atoms with Crippen LogP contribution in [0.15, 0.2) is 22.9 Å². The summed E-state index contributed by atoms with van der Waals surface area (Å²) in [6, 6.07) is 2.16. The number of hydrogen-bond donors (Lipinski definition) is 1. The van der Waals surface area contributed by atoms with Gasteiger partial charge < -0.3 is 9.73 Å². The Balaban J connectivity index is 2.12. The fourth-order valence-electron chi connectivity index (χ4n) is 2.02. The van der Waals surface area contributed by atoms with Crippen LogP contribution in [0.5, 0.6) is 0 Å². The molecule has 5 heteroatoms. The molecular formula is C13H20N4O. The van der Waals surface area contributed by atoms with E-state index in [1.54, 1.807) is 10.9 Å². The molecule has 1 atom stereocenters. The predicted octanol–water partition coefficient (Wildman–Crippen LogP) is 2.00. The third kappa shape index (κ3) is 2.98. The molecular weight excluding hydrogens is 228 g/mol. The number of hydrogen-bond acceptors (Lipinski definition) is 4. The Hall–Kier alpha value is -1.62. The van der Waals surface area contributed by atoms with Gasteiger partial charge in [-0.3, -0.25) is 4.68 Å². The molecule has 0 amide bonds. The van der Waals surface area contributed by atoms with E-state index in [1.807, 2.05) is 19.3 Å². The summed E-state index contributed by atoms with van der Waals surface area (Å²) in [4.78, 5) is 0. The summed E-state index contributed by atoms with van der Waals surface area (Å²) in [6.07, 6.45) is 5.57. The summed E-state index contributed by atoms with van der Waals surface area (Å²) in [5, 5.41) is 11.6. The summed E-state index contributed by atoms with van der Waals surface area (Å²) < 4.78 is 7.31. The van der Waals surface area contributed by atoms with E-state index in [-0.39, 0.29) is 6.04 Å². The molecule has 0 fully saturated rings. The maximum absolute atomic E-state index is 5.59. The first-order valence-electron chi connectivity index (χ1n) is 6.33. The molecule has 0 aliphatic heterocycles. The number of aryl methyl sites for hydroxylation is 2. The second-order valence-corrected chi connectivity index (χ2v) is 4.56. The lowest BCUT2D eigenvalue weighted by Crippen LogP contribution is -2.24. The van der Waals surface area contributed by atoms with Crippen LogP contribution in [-0.4, -0.2) is 21.5 Å². The highest BCUT2D eigenvalue weighted by Gasteiger charge is 2.18. The van der Waals surface area contributed by atoms with Gasteiger partial charge in [-0.2, -0.15) is 0 Å². The van der Waals surface area contributed by atoms with Crippen molar-refractivity contribution in [3.8, 4) is 0 Å². The third-order valence-corrected chi connectivity index (χ3v) is 2.92. The zero-order valence-electron chi connectivity index (χ0n) is 11.2. The van der Waals surface area contributed by atoms with E-state index in [2.05, 4.69) is 29.5 Å². The van der Waals surface area contributed by atoms with E-state index >= 15 is 0 Å². The van der Waals surface area contributed by atoms with Gasteiger partial charge in [0.25, 0.3) is 0 Å². The van der Waals surface area contributed by atoms with Crippen LogP contribution < -0.4 is 5.32 Å². The minimum absolute atomic E-state index is 0.164. The van der Waals surface area contributed by atoms with Crippen molar-refractivity contribution >= 4 is 0 Å². The molecule has 2 rings (SSSR count). The van der Waals surface area contributed by atoms with Gasteiger partial charge in [0.05, 0.1) is 18.0 Å². The van der Waals surface area contributed by atoms with Gasteiger partial charge in [0.15, 0.2) is 0 Å². The molecule has 0 saturated carbocycles. The van der Waals surface area contributed by atoms with Crippen molar-refractivity contribution in [2.24, 2.45) is 7.05 Å². The average molecular weight is 248 g/mol. The van der Waals surface area contributed by atoms with E-state index in [0.29, 0.717) is 0 Å². The first-order valence-corrected chi connectivity index (χ1v) is 6.33. The van der Waals surface area contributed by atoms with Crippen molar-refractivity contribution in [1.82, 2.24) is 20.3 Å². The molecule has 0 spiro atoms. The lowest BCUT2D eigenvalue weighted by atomic mass is 10.1. The molecule has 0 aliphatic rings. The molecule has 0 aromatic carbocycles. The van der Waals surface area contributed by atoms with Crippen LogP contribution in [0.4, 0.5) is 0 Å². The van der Waals surface area contributed by atoms with Gasteiger partial charge in [-0.1, -0.05) is 12.1 Å². The molecule has 0 bridgehead atoms. The van der Waals surface area contributed by atoms with Crippen LogP contribution >= 0.6 is 0 Å². The molecule has 0 aliphatic carbocycles. The van der Waals surface area contributed by atoms with E-state index < -0.39 is 0 Å². The second kappa shape index (κ2) is 5.82. The Morgan fingerprint density at radius 2 is 2.33 bits per heavy atom. The maximum atomic E-state index is 5.59. The highest BCUT2D eigenvalue weighted by Crippen LogP contribution is 2.21. The molecule has 0 radical (unpaired) electrons. The Bertz CT molecular complexity index is 489. The highest BCUT2D eigenvalue weighted by atomic mass is 16.3. The molecule has 2 aromatic rings. The molecule has 0 saturated heterocycles. The first-order chi connectivity index (χ1) is 8.70. The lowest BCUT2D eigenvalue weighted by Gasteiger charge is -2.15. The number of nitrogens with one attached hydrogen (secondary N) is 1. The molecule has 98 valence electrons. The number of rotatable bonds is 6. The predicted molar refractivity (Wildman–Crippen MR) is 69.2 cm³/mol. The van der Waals surface area contributed by atoms with Gasteiger partial charge in [-0.15, -0.1) is 5.10 Å². The maximum Gasteiger partial charge on any atom is 0.123 e. The average Bonchev–Trinajstić information content (AvgIpc) is 2.93. The normalized spacial score (nSPS) is 12.8. The summed E-state index contributed by atoms with van der Waals surface area (Å²) >= 11 is 0. The monoisotopic (exact) mass is 248 g/mol. The minimum Gasteiger partial charge on any atom is -0.467 e. The zero-order chi connectivity index (χ0) is 13.0. The van der Waals surface area contributed by atoms with Gasteiger partial charge in [0, 0.05) is 19.7 Å². The van der Waals surface area contributed by atoms with Crippen LogP contribution in [0.1, 0.15) is 36.4 Å². The van der Waals surface area contributed by atoms with Gasteiger partial charge in [0.1, 0.15) is 5.76 Å². The smallest absolute Gasteiger partial charge is 0.123 e. The van der Waals surface area contributed by atoms with Crippen LogP contribution in [0.2, 0.25) is 0 Å². The number of furan rings is 1. The van der Waals surface area contributed by atoms with Gasteiger partial charge >= 0.3 is 0 Å². The first kappa shape index (κ1) is 12.8. The van der Waals surface area contributed by atoms with Crippen LogP contribution in [0.3, 0.4) is 0 Å². The van der Waals surface area contributed by atoms with E-state index in [0.717, 1.165) is 30.8 Å². The standard InChI is InChI=1S/C13H20N4O/c1-4-6-14-12(13-10(2)5-7-18-13)8-11-9-17(3)16-15-11/h5,7,9,12,14H,4,6,8H2,1-3H3. The van der Waals surface area contributed by atoms with Gasteiger partial charge in [0.2, 0.25) is 0 Å². The lowest BCUT2D eigenvalue weighted by molar-refractivity contribution is 0.406. The van der Waals surface area contributed by atoms with Gasteiger partial charge in [-0.25, -0.2) is 0 Å². The fourth-order valence-corrected chi connectivity index (χ4v) is 2.02. The third-order valence-electron chi connectivity index (χ3n) is 2.92. The quantitative estimate of drug-likeness (QED) is 0.849. The van der Waals surface area contributed by atoms with Crippen molar-refractivity contribution in [2.75, 3.05) is 6.54 Å². The van der Waals surface area contributed by atoms with Crippen molar-refractivity contribution in [3.05, 3.63) is 35.5 Å². The largest absolute Gasteiger partial charge is 0.467 e. The molecule has 2 heterocycles. The Labute approximate surface area is 107 Å². The molecule has 2 aromatic heterocycles. The highest BCUT2D eigenvalue weighted by molar-refractivity contribution is 5.19. The van der Waals surface area contributed by atoms with E-state index in [4.69, 9.17) is 4.42 Å².